The van der Waals surface area contributed by atoms with Gasteiger partial charge < -0.3 is 30.3 Å². The molecule has 202 valence electrons. The van der Waals surface area contributed by atoms with Crippen molar-refractivity contribution in [3.05, 3.63) is 75.2 Å². The van der Waals surface area contributed by atoms with E-state index in [0.717, 1.165) is 22.5 Å². The van der Waals surface area contributed by atoms with Crippen LogP contribution in [-0.4, -0.2) is 68.6 Å². The Morgan fingerprint density at radius 3 is 2.49 bits per heavy atom. The lowest BCUT2D eigenvalue weighted by molar-refractivity contribution is -0.147. The number of hydrogen-bond donors (Lipinski definition) is 4. The van der Waals surface area contributed by atoms with Gasteiger partial charge in [0.05, 0.1) is 18.2 Å². The van der Waals surface area contributed by atoms with E-state index in [-0.39, 0.29) is 46.8 Å². The van der Waals surface area contributed by atoms with Crippen LogP contribution in [0.2, 0.25) is 0 Å². The number of carbonyl (C=O) groups excluding carboxylic acids is 2. The summed E-state index contributed by atoms with van der Waals surface area (Å²) in [5, 5.41) is 31.4. The van der Waals surface area contributed by atoms with Crippen LogP contribution in [0.3, 0.4) is 0 Å². The largest absolute Gasteiger partial charge is 0.507 e. The Bertz CT molecular complexity index is 1480. The summed E-state index contributed by atoms with van der Waals surface area (Å²) in [5.41, 5.74) is 2.35. The lowest BCUT2D eigenvalue weighted by atomic mass is 9.95. The maximum absolute atomic E-state index is 13.2. The first kappa shape index (κ1) is 26.2. The number of fused-ring (bicyclic) bond motifs is 2. The number of anilines is 1. The third-order valence-corrected chi connectivity index (χ3v) is 8.13. The standard InChI is InChI=1S/C27H25N3O8S/c1-38-17-7-5-14(6-8-17)10-29-13-20-18(22(26(34)35)24(39-20)28-23(32)27(36)37)9-16(29)12-30-11-15-3-2-4-19(31)21(15)25(30)33/h2-8,16,31H,9-13H2,1H3,(H,28,32)(H,34,35)(H,36,37). The molecular formula is C27H25N3O8S. The molecular weight excluding hydrogens is 526 g/mol. The highest BCUT2D eigenvalue weighted by Crippen LogP contribution is 2.40. The van der Waals surface area contributed by atoms with Gasteiger partial charge >= 0.3 is 17.8 Å². The van der Waals surface area contributed by atoms with Crippen molar-refractivity contribution in [2.45, 2.75) is 32.1 Å². The van der Waals surface area contributed by atoms with E-state index in [1.54, 1.807) is 24.1 Å². The number of carboxylic acid groups (broad SMARTS) is 2. The average molecular weight is 552 g/mol. The second kappa shape index (κ2) is 10.4. The number of hydrogen-bond acceptors (Lipinski definition) is 8. The van der Waals surface area contributed by atoms with Crippen molar-refractivity contribution in [1.82, 2.24) is 9.80 Å². The number of aromatic carboxylic acids is 1. The molecule has 0 aliphatic carbocycles. The molecule has 0 saturated heterocycles. The predicted octanol–water partition coefficient (Wildman–Crippen LogP) is 2.77. The van der Waals surface area contributed by atoms with Gasteiger partial charge in [0, 0.05) is 37.1 Å². The molecule has 4 N–H and O–H groups in total. The normalized spacial score (nSPS) is 16.5. The van der Waals surface area contributed by atoms with E-state index in [2.05, 4.69) is 10.2 Å². The molecule has 39 heavy (non-hydrogen) atoms. The van der Waals surface area contributed by atoms with Gasteiger partial charge in [-0.15, -0.1) is 11.3 Å². The first-order valence-corrected chi connectivity index (χ1v) is 12.9. The Balaban J connectivity index is 1.48. The van der Waals surface area contributed by atoms with Crippen molar-refractivity contribution in [1.29, 1.82) is 0 Å². The monoisotopic (exact) mass is 551 g/mol. The summed E-state index contributed by atoms with van der Waals surface area (Å²) >= 11 is 1.04. The minimum atomic E-state index is -1.72. The molecule has 0 fully saturated rings. The summed E-state index contributed by atoms with van der Waals surface area (Å²) in [7, 11) is 1.58. The number of aromatic hydroxyl groups is 1. The second-order valence-corrected chi connectivity index (χ2v) is 10.5. The van der Waals surface area contributed by atoms with E-state index in [0.29, 0.717) is 35.8 Å². The lowest BCUT2D eigenvalue weighted by Crippen LogP contribution is -2.47. The van der Waals surface area contributed by atoms with Gasteiger partial charge in [0.15, 0.2) is 0 Å². The molecule has 5 rings (SSSR count). The minimum Gasteiger partial charge on any atom is -0.507 e. The lowest BCUT2D eigenvalue weighted by Gasteiger charge is -2.38. The highest BCUT2D eigenvalue weighted by molar-refractivity contribution is 7.17. The molecule has 0 saturated carbocycles. The van der Waals surface area contributed by atoms with Crippen molar-refractivity contribution in [3.8, 4) is 11.5 Å². The van der Waals surface area contributed by atoms with Gasteiger partial charge in [0.2, 0.25) is 0 Å². The Labute approximate surface area is 226 Å². The van der Waals surface area contributed by atoms with Crippen molar-refractivity contribution in [2.24, 2.45) is 0 Å². The van der Waals surface area contributed by atoms with Crippen LogP contribution in [0.25, 0.3) is 0 Å². The Hall–Kier alpha value is -4.42. The number of thiophene rings is 1. The van der Waals surface area contributed by atoms with Gasteiger partial charge in [0.1, 0.15) is 16.5 Å². The summed E-state index contributed by atoms with van der Waals surface area (Å²) in [5.74, 6) is -3.97. The maximum Gasteiger partial charge on any atom is 0.394 e. The number of amides is 2. The summed E-state index contributed by atoms with van der Waals surface area (Å²) < 4.78 is 5.25. The Morgan fingerprint density at radius 2 is 1.85 bits per heavy atom. The molecule has 2 aliphatic heterocycles. The van der Waals surface area contributed by atoms with Gasteiger partial charge in [0.25, 0.3) is 5.91 Å². The van der Waals surface area contributed by atoms with Crippen molar-refractivity contribution in [3.63, 3.8) is 0 Å². The van der Waals surface area contributed by atoms with E-state index in [1.165, 1.54) is 6.07 Å². The zero-order chi connectivity index (χ0) is 27.8. The number of ether oxygens (including phenoxy) is 1. The molecule has 2 amide bonds. The third kappa shape index (κ3) is 5.03. The number of phenolic OH excluding ortho intramolecular Hbond substituents is 1. The summed E-state index contributed by atoms with van der Waals surface area (Å²) in [6.45, 7) is 1.41. The van der Waals surface area contributed by atoms with Crippen LogP contribution in [0.15, 0.2) is 42.5 Å². The smallest absolute Gasteiger partial charge is 0.394 e. The molecule has 2 aliphatic rings. The number of rotatable bonds is 7. The number of carbonyl (C=O) groups is 4. The number of methoxy groups -OCH3 is 1. The third-order valence-electron chi connectivity index (χ3n) is 7.00. The van der Waals surface area contributed by atoms with Crippen LogP contribution in [0.4, 0.5) is 5.00 Å². The Morgan fingerprint density at radius 1 is 1.10 bits per heavy atom. The molecule has 12 heteroatoms. The van der Waals surface area contributed by atoms with Crippen LogP contribution < -0.4 is 10.1 Å². The van der Waals surface area contributed by atoms with Gasteiger partial charge in [-0.05, 0) is 41.3 Å². The van der Waals surface area contributed by atoms with Crippen LogP contribution in [0.1, 0.15) is 42.3 Å². The molecule has 1 unspecified atom stereocenters. The average Bonchev–Trinajstić information content (AvgIpc) is 3.41. The Kier molecular flexibility index (Phi) is 6.98. The fourth-order valence-electron chi connectivity index (χ4n) is 5.14. The molecule has 3 heterocycles. The van der Waals surface area contributed by atoms with Crippen molar-refractivity contribution >= 4 is 40.1 Å². The van der Waals surface area contributed by atoms with Gasteiger partial charge in [-0.2, -0.15) is 0 Å². The summed E-state index contributed by atoms with van der Waals surface area (Å²) in [6.07, 6.45) is 0.263. The highest BCUT2D eigenvalue weighted by Gasteiger charge is 2.38. The zero-order valence-corrected chi connectivity index (χ0v) is 21.7. The molecule has 1 atom stereocenters. The first-order valence-electron chi connectivity index (χ1n) is 12.1. The van der Waals surface area contributed by atoms with Gasteiger partial charge in [-0.25, -0.2) is 9.59 Å². The number of benzene rings is 2. The molecule has 0 radical (unpaired) electrons. The number of aliphatic carboxylic acids is 1. The number of nitrogens with one attached hydrogen (secondary N) is 1. The highest BCUT2D eigenvalue weighted by atomic mass is 32.1. The number of phenols is 1. The fraction of sp³-hybridized carbons (Fsp3) is 0.259. The van der Waals surface area contributed by atoms with Crippen molar-refractivity contribution in [2.75, 3.05) is 19.0 Å². The quantitative estimate of drug-likeness (QED) is 0.324. The van der Waals surface area contributed by atoms with E-state index >= 15 is 0 Å². The molecule has 11 nitrogen and oxygen atoms in total. The molecule has 0 bridgehead atoms. The van der Waals surface area contributed by atoms with Crippen LogP contribution in [0, 0.1) is 0 Å². The number of nitrogens with zero attached hydrogens (tertiary/aromatic N) is 2. The molecule has 3 aromatic rings. The maximum atomic E-state index is 13.2. The van der Waals surface area contributed by atoms with Gasteiger partial charge in [-0.1, -0.05) is 24.3 Å². The SMILES string of the molecule is COc1ccc(CN2Cc3sc(NC(=O)C(=O)O)c(C(=O)O)c3CC2CN2Cc3cccc(O)c3C2=O)cc1. The molecule has 2 aromatic carbocycles. The van der Waals surface area contributed by atoms with Crippen molar-refractivity contribution < 1.29 is 39.2 Å². The van der Waals surface area contributed by atoms with E-state index in [9.17, 15) is 29.4 Å². The van der Waals surface area contributed by atoms with E-state index in [4.69, 9.17) is 9.84 Å². The topological polar surface area (TPSA) is 157 Å². The summed E-state index contributed by atoms with van der Waals surface area (Å²) in [4.78, 5) is 52.8. The first-order chi connectivity index (χ1) is 18.7. The molecule has 0 spiro atoms. The summed E-state index contributed by atoms with van der Waals surface area (Å²) in [6, 6.07) is 12.2. The number of carboxylic acids is 2. The fourth-order valence-corrected chi connectivity index (χ4v) is 6.38. The second-order valence-electron chi connectivity index (χ2n) is 9.38. The zero-order valence-electron chi connectivity index (χ0n) is 20.8. The van der Waals surface area contributed by atoms with Crippen LogP contribution in [-0.2, 0) is 35.6 Å². The van der Waals surface area contributed by atoms with E-state index < -0.39 is 17.8 Å². The minimum absolute atomic E-state index is 0.0282. The van der Waals surface area contributed by atoms with E-state index in [1.807, 2.05) is 24.3 Å². The van der Waals surface area contributed by atoms with Gasteiger partial charge in [-0.3, -0.25) is 14.5 Å². The van der Waals surface area contributed by atoms with Crippen LogP contribution in [0.5, 0.6) is 11.5 Å². The predicted molar refractivity (Wildman–Crippen MR) is 140 cm³/mol. The molecule has 1 aromatic heterocycles. The van der Waals surface area contributed by atoms with Crippen LogP contribution >= 0.6 is 11.3 Å².